The van der Waals surface area contributed by atoms with Crippen LogP contribution in [0.1, 0.15) is 11.8 Å². The number of nitrogens with zero attached hydrogens (tertiary/aromatic N) is 2. The number of methoxy groups -OCH3 is 1. The minimum Gasteiger partial charge on any atom is -0.497 e. The van der Waals surface area contributed by atoms with Gasteiger partial charge >= 0.3 is 6.03 Å². The van der Waals surface area contributed by atoms with E-state index in [0.29, 0.717) is 12.2 Å². The summed E-state index contributed by atoms with van der Waals surface area (Å²) in [4.78, 5) is 17.0. The topological polar surface area (TPSA) is 70.0 Å². The van der Waals surface area contributed by atoms with Crippen molar-refractivity contribution in [2.45, 2.75) is 6.04 Å². The molecule has 0 spiro atoms. The zero-order valence-electron chi connectivity index (χ0n) is 18.0. The van der Waals surface area contributed by atoms with Gasteiger partial charge in [-0.15, -0.1) is 0 Å². The largest absolute Gasteiger partial charge is 0.497 e. The van der Waals surface area contributed by atoms with Crippen molar-refractivity contribution >= 4 is 17.4 Å². The number of urea groups is 1. The molecule has 2 heterocycles. The molecule has 7 nitrogen and oxygen atoms in total. The smallest absolute Gasteiger partial charge is 0.319 e. The summed E-state index contributed by atoms with van der Waals surface area (Å²) in [5.74, 6) is 1.31. The third kappa shape index (κ3) is 5.39. The van der Waals surface area contributed by atoms with Crippen LogP contribution in [0, 0.1) is 5.82 Å². The van der Waals surface area contributed by atoms with Crippen molar-refractivity contribution in [2.24, 2.45) is 0 Å². The fraction of sp³-hybridized carbons (Fsp3) is 0.292. The predicted molar refractivity (Wildman–Crippen MR) is 122 cm³/mol. The lowest BCUT2D eigenvalue weighted by atomic mass is 10.1. The standard InChI is InChI=1S/C24H27FN4O3/c1-31-21-10-8-20(9-11-21)28-12-14-29(15-13-28)22(23-3-2-16-32-23)17-26-24(30)27-19-6-4-18(25)5-7-19/h2-11,16,22H,12-15,17H2,1H3,(H2,26,27,30). The third-order valence-electron chi connectivity index (χ3n) is 5.62. The van der Waals surface area contributed by atoms with Crippen LogP contribution in [0.2, 0.25) is 0 Å². The lowest BCUT2D eigenvalue weighted by Gasteiger charge is -2.39. The monoisotopic (exact) mass is 438 g/mol. The molecule has 2 N–H and O–H groups in total. The number of hydrogen-bond acceptors (Lipinski definition) is 5. The van der Waals surface area contributed by atoms with Gasteiger partial charge in [-0.1, -0.05) is 0 Å². The van der Waals surface area contributed by atoms with Crippen LogP contribution in [0.25, 0.3) is 0 Å². The second kappa shape index (κ2) is 10.2. The number of anilines is 2. The molecule has 1 atom stereocenters. The molecule has 1 aromatic heterocycles. The van der Waals surface area contributed by atoms with Crippen molar-refractivity contribution in [1.82, 2.24) is 10.2 Å². The normalized spacial score (nSPS) is 15.2. The quantitative estimate of drug-likeness (QED) is 0.581. The minimum atomic E-state index is -0.345. The summed E-state index contributed by atoms with van der Waals surface area (Å²) in [6.07, 6.45) is 1.65. The summed E-state index contributed by atoms with van der Waals surface area (Å²) in [5, 5.41) is 5.64. The number of halogens is 1. The maximum atomic E-state index is 13.1. The Morgan fingerprint density at radius 1 is 1.06 bits per heavy atom. The number of nitrogens with one attached hydrogen (secondary N) is 2. The van der Waals surface area contributed by atoms with E-state index in [-0.39, 0.29) is 17.9 Å². The highest BCUT2D eigenvalue weighted by Crippen LogP contribution is 2.25. The van der Waals surface area contributed by atoms with Gasteiger partial charge in [0, 0.05) is 44.1 Å². The van der Waals surface area contributed by atoms with Crippen molar-refractivity contribution in [3.05, 3.63) is 78.5 Å². The highest BCUT2D eigenvalue weighted by molar-refractivity contribution is 5.89. The number of piperazine rings is 1. The highest BCUT2D eigenvalue weighted by Gasteiger charge is 2.27. The van der Waals surface area contributed by atoms with Gasteiger partial charge in [-0.2, -0.15) is 0 Å². The van der Waals surface area contributed by atoms with Gasteiger partial charge in [0.1, 0.15) is 17.3 Å². The first-order valence-corrected chi connectivity index (χ1v) is 10.6. The molecule has 0 aliphatic carbocycles. The maximum Gasteiger partial charge on any atom is 0.319 e. The fourth-order valence-electron chi connectivity index (χ4n) is 3.87. The number of hydrogen-bond donors (Lipinski definition) is 2. The molecule has 4 rings (SSSR count). The van der Waals surface area contributed by atoms with E-state index in [2.05, 4.69) is 32.6 Å². The van der Waals surface area contributed by atoms with Gasteiger partial charge in [0.25, 0.3) is 0 Å². The van der Waals surface area contributed by atoms with Gasteiger partial charge in [0.05, 0.1) is 19.4 Å². The zero-order valence-corrected chi connectivity index (χ0v) is 18.0. The molecule has 1 aliphatic rings. The van der Waals surface area contributed by atoms with Crippen LogP contribution < -0.4 is 20.3 Å². The van der Waals surface area contributed by atoms with E-state index >= 15 is 0 Å². The van der Waals surface area contributed by atoms with Crippen LogP contribution in [-0.4, -0.2) is 50.8 Å². The van der Waals surface area contributed by atoms with Crippen LogP contribution in [0.3, 0.4) is 0 Å². The summed E-state index contributed by atoms with van der Waals surface area (Å²) in [5.41, 5.74) is 1.70. The van der Waals surface area contributed by atoms with E-state index in [1.165, 1.54) is 24.3 Å². The summed E-state index contributed by atoms with van der Waals surface area (Å²) >= 11 is 0. The van der Waals surface area contributed by atoms with E-state index < -0.39 is 0 Å². The maximum absolute atomic E-state index is 13.1. The third-order valence-corrected chi connectivity index (χ3v) is 5.62. The van der Waals surface area contributed by atoms with Crippen molar-refractivity contribution < 1.29 is 18.3 Å². The zero-order chi connectivity index (χ0) is 22.3. The molecule has 1 saturated heterocycles. The number of carbonyl (C=O) groups excluding carboxylic acids is 1. The summed E-state index contributed by atoms with van der Waals surface area (Å²) in [7, 11) is 1.66. The molecular weight excluding hydrogens is 411 g/mol. The number of ether oxygens (including phenoxy) is 1. The Labute approximate surface area is 186 Å². The second-order valence-corrected chi connectivity index (χ2v) is 7.59. The predicted octanol–water partition coefficient (Wildman–Crippen LogP) is 4.11. The van der Waals surface area contributed by atoms with Crippen molar-refractivity contribution in [3.63, 3.8) is 0 Å². The molecule has 8 heteroatoms. The molecule has 3 aromatic rings. The first kappa shape index (κ1) is 21.7. The average molecular weight is 439 g/mol. The van der Waals surface area contributed by atoms with E-state index in [9.17, 15) is 9.18 Å². The van der Waals surface area contributed by atoms with Crippen LogP contribution in [0.5, 0.6) is 5.75 Å². The van der Waals surface area contributed by atoms with E-state index in [0.717, 1.165) is 43.4 Å². The molecule has 2 amide bonds. The van der Waals surface area contributed by atoms with Crippen molar-refractivity contribution in [1.29, 1.82) is 0 Å². The molecule has 1 unspecified atom stereocenters. The van der Waals surface area contributed by atoms with Crippen LogP contribution in [0.15, 0.2) is 71.3 Å². The molecule has 168 valence electrons. The van der Waals surface area contributed by atoms with E-state index in [1.807, 2.05) is 24.3 Å². The van der Waals surface area contributed by atoms with Crippen molar-refractivity contribution in [3.8, 4) is 5.75 Å². The minimum absolute atomic E-state index is 0.0815. The number of carbonyl (C=O) groups is 1. The number of benzene rings is 2. The average Bonchev–Trinajstić information content (AvgIpc) is 3.36. The van der Waals surface area contributed by atoms with Crippen LogP contribution in [0.4, 0.5) is 20.6 Å². The van der Waals surface area contributed by atoms with E-state index in [1.54, 1.807) is 13.4 Å². The molecule has 2 aromatic carbocycles. The summed E-state index contributed by atoms with van der Waals surface area (Å²) in [6.45, 7) is 3.79. The Bertz CT molecular complexity index is 985. The second-order valence-electron chi connectivity index (χ2n) is 7.59. The number of rotatable bonds is 7. The van der Waals surface area contributed by atoms with Crippen molar-refractivity contribution in [2.75, 3.05) is 50.1 Å². The first-order valence-electron chi connectivity index (χ1n) is 10.6. The summed E-state index contributed by atoms with van der Waals surface area (Å²) in [6, 6.07) is 17.1. The Kier molecular flexibility index (Phi) is 6.91. The van der Waals surface area contributed by atoms with Crippen LogP contribution >= 0.6 is 0 Å². The lowest BCUT2D eigenvalue weighted by Crippen LogP contribution is -2.50. The van der Waals surface area contributed by atoms with E-state index in [4.69, 9.17) is 9.15 Å². The fourth-order valence-corrected chi connectivity index (χ4v) is 3.87. The van der Waals surface area contributed by atoms with Gasteiger partial charge in [-0.25, -0.2) is 9.18 Å². The molecule has 1 fully saturated rings. The Morgan fingerprint density at radius 2 is 1.78 bits per heavy atom. The SMILES string of the molecule is COc1ccc(N2CCN(C(CNC(=O)Nc3ccc(F)cc3)c3ccco3)CC2)cc1. The molecule has 0 bridgehead atoms. The lowest BCUT2D eigenvalue weighted by molar-refractivity contribution is 0.162. The van der Waals surface area contributed by atoms with Gasteiger partial charge in [-0.3, -0.25) is 4.90 Å². The Hall–Kier alpha value is -3.52. The first-order chi connectivity index (χ1) is 15.6. The van der Waals surface area contributed by atoms with Gasteiger partial charge < -0.3 is 24.7 Å². The van der Waals surface area contributed by atoms with Gasteiger partial charge in [-0.05, 0) is 60.7 Å². The van der Waals surface area contributed by atoms with Crippen LogP contribution in [-0.2, 0) is 0 Å². The highest BCUT2D eigenvalue weighted by atomic mass is 19.1. The van der Waals surface area contributed by atoms with Gasteiger partial charge in [0.15, 0.2) is 0 Å². The molecular formula is C24H27FN4O3. The molecule has 32 heavy (non-hydrogen) atoms. The van der Waals surface area contributed by atoms with Gasteiger partial charge in [0.2, 0.25) is 0 Å². The molecule has 1 aliphatic heterocycles. The molecule has 0 saturated carbocycles. The number of furan rings is 1. The Morgan fingerprint density at radius 3 is 2.41 bits per heavy atom. The number of amides is 2. The Balaban J connectivity index is 1.35. The molecule has 0 radical (unpaired) electrons. The summed E-state index contributed by atoms with van der Waals surface area (Å²) < 4.78 is 24.0.